The van der Waals surface area contributed by atoms with E-state index in [-0.39, 0.29) is 6.10 Å². The van der Waals surface area contributed by atoms with E-state index in [1.807, 2.05) is 47.8 Å². The van der Waals surface area contributed by atoms with Crippen LogP contribution >= 0.6 is 0 Å². The predicted octanol–water partition coefficient (Wildman–Crippen LogP) is 5.17. The number of rotatable bonds is 10. The highest BCUT2D eigenvalue weighted by Gasteiger charge is 2.51. The van der Waals surface area contributed by atoms with Crippen LogP contribution < -0.4 is 5.46 Å². The summed E-state index contributed by atoms with van der Waals surface area (Å²) in [7, 11) is -1.62. The Kier molecular flexibility index (Phi) is 8.17. The molecule has 0 saturated carbocycles. The third-order valence-electron chi connectivity index (χ3n) is 8.08. The molecule has 0 spiro atoms. The van der Waals surface area contributed by atoms with Gasteiger partial charge >= 0.3 is 7.12 Å². The van der Waals surface area contributed by atoms with Crippen LogP contribution in [0.1, 0.15) is 52.8 Å². The second kappa shape index (κ2) is 11.1. The molecule has 11 heteroatoms. The van der Waals surface area contributed by atoms with E-state index in [1.54, 1.807) is 0 Å². The number of fused-ring (bicyclic) bond motifs is 1. The molecule has 1 aromatic carbocycles. The minimum atomic E-state index is -1.17. The van der Waals surface area contributed by atoms with E-state index < -0.39 is 32.2 Å². The van der Waals surface area contributed by atoms with Gasteiger partial charge in [-0.25, -0.2) is 4.68 Å². The van der Waals surface area contributed by atoms with Gasteiger partial charge in [-0.05, 0) is 71.3 Å². The van der Waals surface area contributed by atoms with Crippen LogP contribution in [0.2, 0.25) is 25.7 Å². The van der Waals surface area contributed by atoms with Crippen LogP contribution in [0.3, 0.4) is 0 Å². The molecule has 222 valence electrons. The lowest BCUT2D eigenvalue weighted by molar-refractivity contribution is -0.139. The molecule has 2 saturated heterocycles. The van der Waals surface area contributed by atoms with Crippen LogP contribution in [-0.2, 0) is 36.8 Å². The van der Waals surface area contributed by atoms with E-state index in [9.17, 15) is 0 Å². The van der Waals surface area contributed by atoms with E-state index in [2.05, 4.69) is 70.6 Å². The summed E-state index contributed by atoms with van der Waals surface area (Å²) in [6.07, 6.45) is 7.93. The fourth-order valence-corrected chi connectivity index (χ4v) is 5.66. The topological polar surface area (TPSA) is 81.8 Å². The van der Waals surface area contributed by atoms with Crippen molar-refractivity contribution >= 4 is 43.7 Å². The molecule has 0 N–H and O–H groups in total. The fourth-order valence-electron chi connectivity index (χ4n) is 4.90. The summed E-state index contributed by atoms with van der Waals surface area (Å²) in [5.41, 5.74) is 3.01. The van der Waals surface area contributed by atoms with E-state index in [0.717, 1.165) is 40.3 Å². The van der Waals surface area contributed by atoms with Crippen molar-refractivity contribution in [3.8, 4) is 0 Å². The first-order chi connectivity index (χ1) is 19.1. The zero-order valence-electron chi connectivity index (χ0n) is 26.1. The molecule has 41 heavy (non-hydrogen) atoms. The summed E-state index contributed by atoms with van der Waals surface area (Å²) in [5.74, 6) is -0.544. The predicted molar refractivity (Wildman–Crippen MR) is 166 cm³/mol. The lowest BCUT2D eigenvalue weighted by atomic mass is 9.78. The molecule has 9 nitrogen and oxygen atoms in total. The molecular weight excluding hydrogens is 535 g/mol. The highest BCUT2D eigenvalue weighted by Crippen LogP contribution is 2.36. The molecule has 4 heterocycles. The Balaban J connectivity index is 1.38. The molecule has 1 atom stereocenters. The molecule has 0 aliphatic carbocycles. The number of hydrogen-bond donors (Lipinski definition) is 0. The molecule has 2 aromatic heterocycles. The Hall–Kier alpha value is -2.28. The molecule has 0 amide bonds. The molecule has 0 unspecified atom stereocenters. The molecular formula is C30H45BN4O5Si. The highest BCUT2D eigenvalue weighted by atomic mass is 28.3. The maximum atomic E-state index is 6.34. The zero-order chi connectivity index (χ0) is 29.6. The van der Waals surface area contributed by atoms with Crippen molar-refractivity contribution in [1.29, 1.82) is 0 Å². The van der Waals surface area contributed by atoms with Crippen molar-refractivity contribution in [1.82, 2.24) is 19.6 Å². The van der Waals surface area contributed by atoms with Gasteiger partial charge < -0.3 is 23.5 Å². The van der Waals surface area contributed by atoms with Crippen LogP contribution in [0.5, 0.6) is 0 Å². The zero-order valence-corrected chi connectivity index (χ0v) is 27.1. The second-order valence-electron chi connectivity index (χ2n) is 13.9. The van der Waals surface area contributed by atoms with Gasteiger partial charge in [0.25, 0.3) is 0 Å². The summed E-state index contributed by atoms with van der Waals surface area (Å²) in [6.45, 7) is 21.6. The van der Waals surface area contributed by atoms with E-state index in [0.29, 0.717) is 19.9 Å². The van der Waals surface area contributed by atoms with Crippen LogP contribution in [0.25, 0.3) is 23.1 Å². The summed E-state index contributed by atoms with van der Waals surface area (Å²) in [5, 5.41) is 10.5. The number of benzene rings is 1. The molecule has 2 aliphatic rings. The van der Waals surface area contributed by atoms with Gasteiger partial charge in [0.1, 0.15) is 12.8 Å². The van der Waals surface area contributed by atoms with Crippen molar-refractivity contribution in [3.05, 3.63) is 41.9 Å². The van der Waals surface area contributed by atoms with Gasteiger partial charge in [0.05, 0.1) is 41.8 Å². The maximum absolute atomic E-state index is 6.34. The number of aromatic nitrogens is 4. The normalized spacial score (nSPS) is 22.0. The quantitative estimate of drug-likeness (QED) is 0.242. The fraction of sp³-hybridized carbons (Fsp3) is 0.600. The van der Waals surface area contributed by atoms with Gasteiger partial charge in [-0.2, -0.15) is 10.2 Å². The Bertz CT molecular complexity index is 1390. The van der Waals surface area contributed by atoms with Gasteiger partial charge in [0, 0.05) is 31.8 Å². The summed E-state index contributed by atoms with van der Waals surface area (Å²) >= 11 is 0. The summed E-state index contributed by atoms with van der Waals surface area (Å²) in [4.78, 5) is 0. The first-order valence-electron chi connectivity index (χ1n) is 14.6. The number of hydrogen-bond acceptors (Lipinski definition) is 7. The number of ether oxygens (including phenoxy) is 3. The number of nitrogens with zero attached hydrogens (tertiary/aromatic N) is 4. The van der Waals surface area contributed by atoms with E-state index in [1.165, 1.54) is 0 Å². The standard InChI is InChI=1S/C30H45BN4O5Si/c1-28(2)29(3,4)40-31(39-28)23-11-13-27-25(16-23)26(33-35(27)21-36-14-15-41(7,8)9)12-10-22-17-32-34(18-22)19-24-20-37-30(5,6)38-24/h10-13,16-18,24H,14-15,19-21H2,1-9H3/b12-10+/t24-/m1/s1. The Labute approximate surface area is 245 Å². The first-order valence-corrected chi connectivity index (χ1v) is 18.3. The van der Waals surface area contributed by atoms with Gasteiger partial charge in [-0.3, -0.25) is 4.68 Å². The van der Waals surface area contributed by atoms with Crippen molar-refractivity contribution in [2.24, 2.45) is 0 Å². The van der Waals surface area contributed by atoms with Crippen LogP contribution in [-0.4, -0.2) is 71.1 Å². The molecule has 3 aromatic rings. The van der Waals surface area contributed by atoms with Crippen molar-refractivity contribution < 1.29 is 23.5 Å². The molecule has 5 rings (SSSR count). The molecule has 2 fully saturated rings. The Morgan fingerprint density at radius 1 is 1.07 bits per heavy atom. The average Bonchev–Trinajstić information content (AvgIpc) is 3.59. The minimum absolute atomic E-state index is 0.0178. The largest absolute Gasteiger partial charge is 0.494 e. The molecule has 2 aliphatic heterocycles. The Morgan fingerprint density at radius 2 is 1.80 bits per heavy atom. The van der Waals surface area contributed by atoms with Crippen LogP contribution in [0.15, 0.2) is 30.6 Å². The third-order valence-corrected chi connectivity index (χ3v) is 9.79. The van der Waals surface area contributed by atoms with E-state index in [4.69, 9.17) is 28.6 Å². The maximum Gasteiger partial charge on any atom is 0.494 e. The van der Waals surface area contributed by atoms with Crippen molar-refractivity contribution in [2.75, 3.05) is 13.2 Å². The SMILES string of the molecule is CC1(C)OC[C@@H](Cn2cc(/C=C/c3nn(COCC[Si](C)(C)C)c4ccc(B5OC(C)(C)C(C)(C)O5)cc34)cn2)O1. The third kappa shape index (κ3) is 7.03. The van der Waals surface area contributed by atoms with Crippen LogP contribution in [0.4, 0.5) is 0 Å². The Morgan fingerprint density at radius 3 is 2.46 bits per heavy atom. The van der Waals surface area contributed by atoms with E-state index >= 15 is 0 Å². The lowest BCUT2D eigenvalue weighted by Crippen LogP contribution is -2.41. The van der Waals surface area contributed by atoms with Gasteiger partial charge in [-0.1, -0.05) is 31.8 Å². The average molecular weight is 581 g/mol. The monoisotopic (exact) mass is 580 g/mol. The summed E-state index contributed by atoms with van der Waals surface area (Å²) < 4.78 is 34.2. The van der Waals surface area contributed by atoms with Gasteiger partial charge in [0.15, 0.2) is 5.79 Å². The van der Waals surface area contributed by atoms with Crippen molar-refractivity contribution in [2.45, 2.75) is 104 Å². The summed E-state index contributed by atoms with van der Waals surface area (Å²) in [6, 6.07) is 7.40. The lowest BCUT2D eigenvalue weighted by Gasteiger charge is -2.32. The minimum Gasteiger partial charge on any atom is -0.399 e. The van der Waals surface area contributed by atoms with Crippen molar-refractivity contribution in [3.63, 3.8) is 0 Å². The van der Waals surface area contributed by atoms with Gasteiger partial charge in [0.2, 0.25) is 0 Å². The molecule has 0 bridgehead atoms. The smallest absolute Gasteiger partial charge is 0.399 e. The second-order valence-corrected chi connectivity index (χ2v) is 19.5. The molecule has 0 radical (unpaired) electrons. The highest BCUT2D eigenvalue weighted by molar-refractivity contribution is 6.76. The first kappa shape index (κ1) is 30.2. The van der Waals surface area contributed by atoms with Gasteiger partial charge in [-0.15, -0.1) is 0 Å². The van der Waals surface area contributed by atoms with Crippen LogP contribution in [0, 0.1) is 0 Å².